The van der Waals surface area contributed by atoms with Gasteiger partial charge in [-0.1, -0.05) is 12.1 Å². The second-order valence-electron chi connectivity index (χ2n) is 6.05. The number of hydrogen-bond acceptors (Lipinski definition) is 5. The van der Waals surface area contributed by atoms with Crippen molar-refractivity contribution in [3.05, 3.63) is 83.9 Å². The molecule has 1 N–H and O–H groups in total. The number of rotatable bonds is 6. The van der Waals surface area contributed by atoms with Crippen molar-refractivity contribution in [3.63, 3.8) is 0 Å². The number of likely N-dealkylation sites (N-methyl/N-ethyl adjacent to an activating group) is 1. The summed E-state index contributed by atoms with van der Waals surface area (Å²) in [5.74, 6) is -0.131. The van der Waals surface area contributed by atoms with E-state index in [1.807, 2.05) is 30.3 Å². The number of benzene rings is 1. The molecule has 1 amide bonds. The van der Waals surface area contributed by atoms with E-state index < -0.39 is 0 Å². The molecule has 3 aromatic rings. The predicted molar refractivity (Wildman–Crippen MR) is 104 cm³/mol. The van der Waals surface area contributed by atoms with Crippen LogP contribution in [0.25, 0.3) is 0 Å². The predicted octanol–water partition coefficient (Wildman–Crippen LogP) is 3.41. The van der Waals surface area contributed by atoms with Gasteiger partial charge in [0.15, 0.2) is 0 Å². The largest absolute Gasteiger partial charge is 0.353 e. The Labute approximate surface area is 158 Å². The van der Waals surface area contributed by atoms with Crippen LogP contribution in [0, 0.1) is 11.3 Å². The Morgan fingerprint density at radius 2 is 1.93 bits per heavy atom. The molecule has 0 aliphatic rings. The van der Waals surface area contributed by atoms with E-state index in [2.05, 4.69) is 21.4 Å². The average Bonchev–Trinajstić information content (AvgIpc) is 2.73. The van der Waals surface area contributed by atoms with Gasteiger partial charge in [-0.25, -0.2) is 4.98 Å². The summed E-state index contributed by atoms with van der Waals surface area (Å²) in [6.45, 7) is 0.597. The van der Waals surface area contributed by atoms with Crippen molar-refractivity contribution in [2.24, 2.45) is 0 Å². The van der Waals surface area contributed by atoms with Gasteiger partial charge in [-0.05, 0) is 48.4 Å². The third-order valence-electron chi connectivity index (χ3n) is 4.14. The van der Waals surface area contributed by atoms with Gasteiger partial charge in [0, 0.05) is 26.0 Å². The minimum Gasteiger partial charge on any atom is -0.353 e. The monoisotopic (exact) mass is 357 g/mol. The minimum atomic E-state index is -0.131. The maximum Gasteiger partial charge on any atom is 0.272 e. The van der Waals surface area contributed by atoms with E-state index in [1.165, 1.54) is 0 Å². The van der Waals surface area contributed by atoms with E-state index in [1.54, 1.807) is 48.7 Å². The summed E-state index contributed by atoms with van der Waals surface area (Å²) in [5.41, 5.74) is 3.48. The van der Waals surface area contributed by atoms with E-state index in [0.29, 0.717) is 29.2 Å². The number of nitrogens with one attached hydrogen (secondary N) is 1. The summed E-state index contributed by atoms with van der Waals surface area (Å²) in [5, 5.41) is 12.3. The van der Waals surface area contributed by atoms with Crippen LogP contribution in [0.2, 0.25) is 0 Å². The molecule has 0 bridgehead atoms. The number of nitrogens with zero attached hydrogens (tertiary/aromatic N) is 4. The van der Waals surface area contributed by atoms with Crippen molar-refractivity contribution >= 4 is 17.3 Å². The van der Waals surface area contributed by atoms with Gasteiger partial charge in [-0.3, -0.25) is 9.78 Å². The first-order valence-electron chi connectivity index (χ1n) is 8.54. The molecule has 0 fully saturated rings. The number of hydrogen-bond donors (Lipinski definition) is 1. The van der Waals surface area contributed by atoms with E-state index in [-0.39, 0.29) is 5.91 Å². The fourth-order valence-electron chi connectivity index (χ4n) is 2.58. The van der Waals surface area contributed by atoms with Gasteiger partial charge in [0.2, 0.25) is 0 Å². The third-order valence-corrected chi connectivity index (χ3v) is 4.14. The molecule has 0 unspecified atom stereocenters. The lowest BCUT2D eigenvalue weighted by atomic mass is 10.2. The lowest BCUT2D eigenvalue weighted by molar-refractivity contribution is 0.0791. The molecule has 0 saturated carbocycles. The van der Waals surface area contributed by atoms with Crippen LogP contribution in [-0.4, -0.2) is 34.4 Å². The van der Waals surface area contributed by atoms with E-state index in [9.17, 15) is 4.79 Å². The van der Waals surface area contributed by atoms with Crippen LogP contribution < -0.4 is 5.32 Å². The summed E-state index contributed by atoms with van der Waals surface area (Å²) < 4.78 is 0. The van der Waals surface area contributed by atoms with Gasteiger partial charge in [-0.15, -0.1) is 0 Å². The molecule has 6 nitrogen and oxygen atoms in total. The summed E-state index contributed by atoms with van der Waals surface area (Å²) in [4.78, 5) is 22.4. The first-order valence-corrected chi connectivity index (χ1v) is 8.54. The lowest BCUT2D eigenvalue weighted by Gasteiger charge is -2.17. The summed E-state index contributed by atoms with van der Waals surface area (Å²) >= 11 is 0. The van der Waals surface area contributed by atoms with Crippen molar-refractivity contribution in [1.82, 2.24) is 14.9 Å². The van der Waals surface area contributed by atoms with Crippen LogP contribution in [0.1, 0.15) is 21.6 Å². The number of carbonyl (C=O) groups is 1. The minimum absolute atomic E-state index is 0.131. The number of carbonyl (C=O) groups excluding carboxylic acids is 1. The highest BCUT2D eigenvalue weighted by Crippen LogP contribution is 2.19. The van der Waals surface area contributed by atoms with Crippen LogP contribution in [0.15, 0.2) is 67.1 Å². The fourth-order valence-corrected chi connectivity index (χ4v) is 2.58. The zero-order valence-electron chi connectivity index (χ0n) is 15.0. The van der Waals surface area contributed by atoms with Crippen LogP contribution >= 0.6 is 0 Å². The molecule has 0 atom stereocenters. The molecular formula is C21H19N5O. The normalized spacial score (nSPS) is 10.1. The number of aromatic nitrogens is 2. The standard InChI is InChI=1S/C21H19N5O/c1-26(13-10-16-8-11-23-12-9-16)21(27)20-7-6-18(15-24-20)25-19-5-3-2-4-17(19)14-22/h2-9,11-12,15,25H,10,13H2,1H3. The van der Waals surface area contributed by atoms with Gasteiger partial charge >= 0.3 is 0 Å². The first-order chi connectivity index (χ1) is 13.2. The molecule has 1 aromatic carbocycles. The molecule has 134 valence electrons. The van der Waals surface area contributed by atoms with Crippen LogP contribution in [-0.2, 0) is 6.42 Å². The molecule has 27 heavy (non-hydrogen) atoms. The second-order valence-corrected chi connectivity index (χ2v) is 6.05. The van der Waals surface area contributed by atoms with Crippen molar-refractivity contribution < 1.29 is 4.79 Å². The smallest absolute Gasteiger partial charge is 0.272 e. The van der Waals surface area contributed by atoms with Gasteiger partial charge in [0.25, 0.3) is 5.91 Å². The highest BCUT2D eigenvalue weighted by atomic mass is 16.2. The Morgan fingerprint density at radius 1 is 1.15 bits per heavy atom. The first kappa shape index (κ1) is 18.1. The van der Waals surface area contributed by atoms with Crippen LogP contribution in [0.4, 0.5) is 11.4 Å². The highest BCUT2D eigenvalue weighted by Gasteiger charge is 2.13. The van der Waals surface area contributed by atoms with Gasteiger partial charge in [0.05, 0.1) is 23.1 Å². The quantitative estimate of drug-likeness (QED) is 0.731. The molecule has 2 heterocycles. The van der Waals surface area contributed by atoms with Crippen molar-refractivity contribution in [2.45, 2.75) is 6.42 Å². The molecule has 0 aliphatic heterocycles. The molecule has 0 spiro atoms. The Kier molecular flexibility index (Phi) is 5.75. The number of para-hydroxylation sites is 1. The van der Waals surface area contributed by atoms with Crippen molar-refractivity contribution in [2.75, 3.05) is 18.9 Å². The number of anilines is 2. The number of pyridine rings is 2. The lowest BCUT2D eigenvalue weighted by Crippen LogP contribution is -2.29. The zero-order valence-corrected chi connectivity index (χ0v) is 15.0. The molecule has 6 heteroatoms. The molecule has 3 rings (SSSR count). The van der Waals surface area contributed by atoms with E-state index >= 15 is 0 Å². The van der Waals surface area contributed by atoms with Crippen LogP contribution in [0.5, 0.6) is 0 Å². The molecule has 0 aliphatic carbocycles. The Bertz CT molecular complexity index is 948. The molecule has 2 aromatic heterocycles. The average molecular weight is 357 g/mol. The number of nitriles is 1. The Balaban J connectivity index is 1.62. The second kappa shape index (κ2) is 8.59. The van der Waals surface area contributed by atoms with Gasteiger partial charge in [-0.2, -0.15) is 5.26 Å². The van der Waals surface area contributed by atoms with Gasteiger partial charge in [0.1, 0.15) is 11.8 Å². The Hall–Kier alpha value is -3.72. The summed E-state index contributed by atoms with van der Waals surface area (Å²) in [7, 11) is 1.76. The van der Waals surface area contributed by atoms with Gasteiger partial charge < -0.3 is 10.2 Å². The molecular weight excluding hydrogens is 338 g/mol. The van der Waals surface area contributed by atoms with E-state index in [0.717, 1.165) is 12.0 Å². The number of amides is 1. The maximum absolute atomic E-state index is 12.5. The summed E-state index contributed by atoms with van der Waals surface area (Å²) in [6.07, 6.45) is 5.84. The molecule has 0 saturated heterocycles. The van der Waals surface area contributed by atoms with Crippen molar-refractivity contribution in [1.29, 1.82) is 5.26 Å². The SMILES string of the molecule is CN(CCc1ccncc1)C(=O)c1ccc(Nc2ccccc2C#N)cn1. The maximum atomic E-state index is 12.5. The highest BCUT2D eigenvalue weighted by molar-refractivity contribution is 5.92. The Morgan fingerprint density at radius 3 is 2.63 bits per heavy atom. The third kappa shape index (κ3) is 4.67. The summed E-state index contributed by atoms with van der Waals surface area (Å²) in [6, 6.07) is 16.7. The molecule has 0 radical (unpaired) electrons. The van der Waals surface area contributed by atoms with Crippen LogP contribution in [0.3, 0.4) is 0 Å². The fraction of sp³-hybridized carbons (Fsp3) is 0.143. The topological polar surface area (TPSA) is 81.9 Å². The van der Waals surface area contributed by atoms with E-state index in [4.69, 9.17) is 5.26 Å². The van der Waals surface area contributed by atoms with Crippen molar-refractivity contribution in [3.8, 4) is 6.07 Å². The zero-order chi connectivity index (χ0) is 19.1.